The summed E-state index contributed by atoms with van der Waals surface area (Å²) in [4.78, 5) is 0. The summed E-state index contributed by atoms with van der Waals surface area (Å²) in [7, 11) is 0. The van der Waals surface area contributed by atoms with Crippen molar-refractivity contribution in [2.24, 2.45) is 0 Å². The fourth-order valence-electron chi connectivity index (χ4n) is 0. The van der Waals surface area contributed by atoms with Crippen LogP contribution in [0, 0.1) is 0 Å². The molecule has 0 fully saturated rings. The lowest BCUT2D eigenvalue weighted by Crippen LogP contribution is -1.36. The van der Waals surface area contributed by atoms with Gasteiger partial charge in [-0.3, -0.25) is 0 Å². The Morgan fingerprint density at radius 3 is 0.600 bits per heavy atom. The summed E-state index contributed by atoms with van der Waals surface area (Å²) in [5, 5.41) is 0. The van der Waals surface area contributed by atoms with Crippen LogP contribution in [0.3, 0.4) is 0 Å². The molecule has 0 aliphatic heterocycles. The molecule has 0 nitrogen and oxygen atoms in total. The topological polar surface area (TPSA) is 0 Å². The van der Waals surface area contributed by atoms with Crippen molar-refractivity contribution in [2.75, 3.05) is 0 Å². The standard InChI is InChI=1S/C4H8.2C4H6.4C2H6/c3*1-3-4-2;4*1-2/h3H,1,4H2,2H3;2*3-4H,1-2H2;4*1-2H3. The molecule has 0 saturated carbocycles. The molecule has 20 heavy (non-hydrogen) atoms. The quantitative estimate of drug-likeness (QED) is 0.360. The summed E-state index contributed by atoms with van der Waals surface area (Å²) >= 11 is 0. The Labute approximate surface area is 132 Å². The molecule has 0 aromatic carbocycles. The van der Waals surface area contributed by atoms with E-state index in [1.807, 2.05) is 61.5 Å². The fourth-order valence-corrected chi connectivity index (χ4v) is 0. The Hall–Kier alpha value is -1.30. The van der Waals surface area contributed by atoms with Crippen LogP contribution in [0.1, 0.15) is 68.7 Å². The van der Waals surface area contributed by atoms with Crippen LogP contribution in [-0.4, -0.2) is 0 Å². The number of allylic oxidation sites excluding steroid dienone is 5. The van der Waals surface area contributed by atoms with Gasteiger partial charge in [-0.1, -0.05) is 119 Å². The second-order valence-electron chi connectivity index (χ2n) is 1.64. The van der Waals surface area contributed by atoms with Gasteiger partial charge >= 0.3 is 0 Å². The molecule has 124 valence electrons. The first-order valence-electron chi connectivity index (χ1n) is 7.82. The molecule has 0 heterocycles. The van der Waals surface area contributed by atoms with Crippen LogP contribution in [-0.2, 0) is 0 Å². The van der Waals surface area contributed by atoms with Crippen molar-refractivity contribution in [1.82, 2.24) is 0 Å². The van der Waals surface area contributed by atoms with Crippen molar-refractivity contribution in [3.05, 3.63) is 63.3 Å². The molecule has 0 heteroatoms. The molecule has 0 N–H and O–H groups in total. The second kappa shape index (κ2) is 223. The average Bonchev–Trinajstić information content (AvgIpc) is 2.61. The van der Waals surface area contributed by atoms with Crippen molar-refractivity contribution < 1.29 is 0 Å². The smallest absolute Gasteiger partial charge is 0.0382 e. The van der Waals surface area contributed by atoms with Crippen LogP contribution in [0.4, 0.5) is 0 Å². The molecular weight excluding hydrogens is 240 g/mol. The van der Waals surface area contributed by atoms with Crippen molar-refractivity contribution >= 4 is 0 Å². The van der Waals surface area contributed by atoms with E-state index in [0.717, 1.165) is 6.42 Å². The second-order valence-corrected chi connectivity index (χ2v) is 1.64. The Bertz CT molecular complexity index is 94.0. The summed E-state index contributed by atoms with van der Waals surface area (Å²) in [6, 6.07) is 0. The summed E-state index contributed by atoms with van der Waals surface area (Å²) in [6.45, 7) is 35.0. The Morgan fingerprint density at radius 1 is 0.500 bits per heavy atom. The monoisotopic (exact) mass is 284 g/mol. The van der Waals surface area contributed by atoms with E-state index < -0.39 is 0 Å². The first-order valence-corrected chi connectivity index (χ1v) is 7.82. The molecule has 0 aromatic heterocycles. The molecule has 0 saturated heterocycles. The maximum atomic E-state index is 3.48. The minimum atomic E-state index is 1.08. The van der Waals surface area contributed by atoms with Crippen LogP contribution in [0.15, 0.2) is 63.3 Å². The number of hydrogen-bond acceptors (Lipinski definition) is 0. The molecule has 0 aromatic rings. The van der Waals surface area contributed by atoms with Crippen molar-refractivity contribution in [3.63, 3.8) is 0 Å². The highest BCUT2D eigenvalue weighted by atomic mass is 13.5. The molecule has 0 amide bonds. The predicted molar refractivity (Wildman–Crippen MR) is 107 cm³/mol. The molecule has 0 bridgehead atoms. The van der Waals surface area contributed by atoms with E-state index in [0.29, 0.717) is 0 Å². The largest absolute Gasteiger partial charge is 0.103 e. The van der Waals surface area contributed by atoms with Crippen LogP contribution >= 0.6 is 0 Å². The first kappa shape index (κ1) is 42.8. The highest BCUT2D eigenvalue weighted by molar-refractivity contribution is 4.88. The summed E-state index contributed by atoms with van der Waals surface area (Å²) < 4.78 is 0. The normalized spacial score (nSPS) is 4.45. The van der Waals surface area contributed by atoms with Gasteiger partial charge in [-0.15, -0.1) is 6.58 Å². The maximum Gasteiger partial charge on any atom is -0.0382 e. The molecule has 0 unspecified atom stereocenters. The lowest BCUT2D eigenvalue weighted by atomic mass is 10.5. The summed E-state index contributed by atoms with van der Waals surface area (Å²) in [5.74, 6) is 0. The van der Waals surface area contributed by atoms with Gasteiger partial charge in [-0.2, -0.15) is 0 Å². The molecule has 0 atom stereocenters. The Balaban J connectivity index is -0.0000000204. The average molecular weight is 285 g/mol. The molecule has 0 spiro atoms. The van der Waals surface area contributed by atoms with E-state index in [1.54, 1.807) is 24.3 Å². The maximum absolute atomic E-state index is 3.48. The van der Waals surface area contributed by atoms with Crippen molar-refractivity contribution in [2.45, 2.75) is 68.7 Å². The van der Waals surface area contributed by atoms with Crippen molar-refractivity contribution in [1.29, 1.82) is 0 Å². The van der Waals surface area contributed by atoms with E-state index in [2.05, 4.69) is 39.8 Å². The first-order chi connectivity index (χ1) is 9.74. The van der Waals surface area contributed by atoms with Crippen molar-refractivity contribution in [3.8, 4) is 0 Å². The molecule has 0 rings (SSSR count). The summed E-state index contributed by atoms with van der Waals surface area (Å²) in [5.41, 5.74) is 0. The third-order valence-electron chi connectivity index (χ3n) is 0.622. The van der Waals surface area contributed by atoms with Gasteiger partial charge in [0.05, 0.1) is 0 Å². The van der Waals surface area contributed by atoms with Gasteiger partial charge in [0.1, 0.15) is 0 Å². The lowest BCUT2D eigenvalue weighted by molar-refractivity contribution is 1.23. The van der Waals surface area contributed by atoms with Crippen LogP contribution in [0.25, 0.3) is 0 Å². The highest BCUT2D eigenvalue weighted by Gasteiger charge is 1.45. The van der Waals surface area contributed by atoms with Gasteiger partial charge < -0.3 is 0 Å². The number of hydrogen-bond donors (Lipinski definition) is 0. The van der Waals surface area contributed by atoms with Crippen LogP contribution in [0.2, 0.25) is 0 Å². The zero-order chi connectivity index (χ0) is 18.2. The minimum absolute atomic E-state index is 1.08. The Morgan fingerprint density at radius 2 is 0.600 bits per heavy atom. The lowest BCUT2D eigenvalue weighted by Gasteiger charge is -1.57. The third kappa shape index (κ3) is 1420. The van der Waals surface area contributed by atoms with Gasteiger partial charge in [0, 0.05) is 0 Å². The fraction of sp³-hybridized carbons (Fsp3) is 0.500. The van der Waals surface area contributed by atoms with Gasteiger partial charge in [0.25, 0.3) is 0 Å². The SMILES string of the molecule is C=CC=C.C=CC=C.C=CCC.CC.CC.CC.CC. The van der Waals surface area contributed by atoms with Gasteiger partial charge in [-0.05, 0) is 6.42 Å². The molecular formula is C20H44. The van der Waals surface area contributed by atoms with Gasteiger partial charge in [0.15, 0.2) is 0 Å². The van der Waals surface area contributed by atoms with Crippen LogP contribution < -0.4 is 0 Å². The van der Waals surface area contributed by atoms with E-state index in [-0.39, 0.29) is 0 Å². The third-order valence-corrected chi connectivity index (χ3v) is 0.622. The molecule has 0 radical (unpaired) electrons. The zero-order valence-corrected chi connectivity index (χ0v) is 16.1. The summed E-state index contributed by atoms with van der Waals surface area (Å²) in [6.07, 6.45) is 9.51. The highest BCUT2D eigenvalue weighted by Crippen LogP contribution is 1.66. The van der Waals surface area contributed by atoms with Gasteiger partial charge in [0.2, 0.25) is 0 Å². The van der Waals surface area contributed by atoms with Gasteiger partial charge in [-0.25, -0.2) is 0 Å². The molecule has 0 aliphatic carbocycles. The van der Waals surface area contributed by atoms with E-state index >= 15 is 0 Å². The van der Waals surface area contributed by atoms with Crippen LogP contribution in [0.5, 0.6) is 0 Å². The van der Waals surface area contributed by atoms with E-state index in [4.69, 9.17) is 0 Å². The number of rotatable bonds is 3. The van der Waals surface area contributed by atoms with E-state index in [9.17, 15) is 0 Å². The predicted octanol–water partition coefficient (Wildman–Crippen LogP) is 8.40. The molecule has 0 aliphatic rings. The zero-order valence-electron chi connectivity index (χ0n) is 16.1. The van der Waals surface area contributed by atoms with E-state index in [1.165, 1.54) is 0 Å². The Kier molecular flexibility index (Phi) is 478. The minimum Gasteiger partial charge on any atom is -0.103 e.